The van der Waals surface area contributed by atoms with E-state index < -0.39 is 0 Å². The third-order valence-electron chi connectivity index (χ3n) is 1.99. The molecular formula is C10H6ClNO2S. The number of hydrogen-bond acceptors (Lipinski definition) is 3. The van der Waals surface area contributed by atoms with Gasteiger partial charge in [0.15, 0.2) is 0 Å². The Balaban J connectivity index is 2.30. The van der Waals surface area contributed by atoms with Crippen LogP contribution in [0.4, 0.5) is 5.69 Å². The molecule has 1 aliphatic heterocycles. The van der Waals surface area contributed by atoms with Gasteiger partial charge in [-0.05, 0) is 45.9 Å². The first-order chi connectivity index (χ1) is 7.22. The van der Waals surface area contributed by atoms with Gasteiger partial charge in [-0.3, -0.25) is 9.59 Å². The quantitative estimate of drug-likeness (QED) is 0.744. The summed E-state index contributed by atoms with van der Waals surface area (Å²) in [6.07, 6.45) is 2.51. The summed E-state index contributed by atoms with van der Waals surface area (Å²) in [6, 6.07) is 6.89. The number of imide groups is 1. The standard InChI is InChI=1S/C10H6ClNO2S/c11-15-8-3-1-7(2-4-8)12-9(13)5-6-10(12)14/h1-6H. The summed E-state index contributed by atoms with van der Waals surface area (Å²) in [4.78, 5) is 24.6. The third-order valence-corrected chi connectivity index (χ3v) is 2.98. The molecule has 1 aromatic carbocycles. The molecule has 2 amide bonds. The maximum absolute atomic E-state index is 11.3. The van der Waals surface area contributed by atoms with Gasteiger partial charge in [-0.1, -0.05) is 0 Å². The molecule has 0 atom stereocenters. The van der Waals surface area contributed by atoms with E-state index >= 15 is 0 Å². The number of rotatable bonds is 2. The molecule has 0 fully saturated rings. The highest BCUT2D eigenvalue weighted by Gasteiger charge is 2.24. The van der Waals surface area contributed by atoms with E-state index in [4.69, 9.17) is 10.7 Å². The Kier molecular flexibility index (Phi) is 2.79. The molecule has 0 N–H and O–H groups in total. The van der Waals surface area contributed by atoms with Crippen LogP contribution in [0.3, 0.4) is 0 Å². The maximum atomic E-state index is 11.3. The Morgan fingerprint density at radius 3 is 2.00 bits per heavy atom. The number of hydrogen-bond donors (Lipinski definition) is 0. The summed E-state index contributed by atoms with van der Waals surface area (Å²) in [5, 5.41) is 0. The number of carbonyl (C=O) groups excluding carboxylic acids is 2. The zero-order valence-corrected chi connectivity index (χ0v) is 9.09. The van der Waals surface area contributed by atoms with E-state index in [0.717, 1.165) is 20.8 Å². The van der Waals surface area contributed by atoms with Gasteiger partial charge in [0.25, 0.3) is 11.8 Å². The van der Waals surface area contributed by atoms with E-state index in [1.54, 1.807) is 24.3 Å². The molecule has 0 aromatic heterocycles. The minimum Gasteiger partial charge on any atom is -0.269 e. The number of nitrogens with zero attached hydrogens (tertiary/aromatic N) is 1. The fraction of sp³-hybridized carbons (Fsp3) is 0. The lowest BCUT2D eigenvalue weighted by molar-refractivity contribution is -0.119. The molecule has 1 heterocycles. The molecule has 76 valence electrons. The highest BCUT2D eigenvalue weighted by Crippen LogP contribution is 2.26. The van der Waals surface area contributed by atoms with Crippen molar-refractivity contribution in [3.8, 4) is 0 Å². The van der Waals surface area contributed by atoms with Crippen LogP contribution in [0.25, 0.3) is 0 Å². The van der Waals surface area contributed by atoms with E-state index in [1.165, 1.54) is 12.2 Å². The number of carbonyl (C=O) groups is 2. The van der Waals surface area contributed by atoms with Gasteiger partial charge in [-0.2, -0.15) is 0 Å². The molecule has 1 aromatic rings. The first-order valence-corrected chi connectivity index (χ1v) is 5.81. The van der Waals surface area contributed by atoms with Crippen LogP contribution in [-0.4, -0.2) is 11.8 Å². The SMILES string of the molecule is O=C1C=CC(=O)N1c1ccc(SCl)cc1. The maximum Gasteiger partial charge on any atom is 0.258 e. The van der Waals surface area contributed by atoms with Crippen LogP contribution in [0, 0.1) is 0 Å². The minimum absolute atomic E-state index is 0.314. The lowest BCUT2D eigenvalue weighted by Crippen LogP contribution is -2.29. The van der Waals surface area contributed by atoms with Crippen molar-refractivity contribution in [2.45, 2.75) is 4.90 Å². The highest BCUT2D eigenvalue weighted by molar-refractivity contribution is 8.21. The first kappa shape index (κ1) is 10.3. The smallest absolute Gasteiger partial charge is 0.258 e. The van der Waals surface area contributed by atoms with Crippen LogP contribution in [0.2, 0.25) is 0 Å². The van der Waals surface area contributed by atoms with Crippen molar-refractivity contribution in [2.24, 2.45) is 0 Å². The Hall–Kier alpha value is -1.26. The fourth-order valence-corrected chi connectivity index (χ4v) is 1.85. The molecular weight excluding hydrogens is 234 g/mol. The Labute approximate surface area is 95.2 Å². The minimum atomic E-state index is -0.314. The van der Waals surface area contributed by atoms with E-state index in [-0.39, 0.29) is 11.8 Å². The number of halogens is 1. The lowest BCUT2D eigenvalue weighted by atomic mass is 10.3. The van der Waals surface area contributed by atoms with Crippen molar-refractivity contribution in [1.29, 1.82) is 0 Å². The van der Waals surface area contributed by atoms with Crippen molar-refractivity contribution in [3.05, 3.63) is 36.4 Å². The predicted octanol–water partition coefficient (Wildman–Crippen LogP) is 2.36. The normalized spacial score (nSPS) is 15.1. The van der Waals surface area contributed by atoms with Crippen LogP contribution in [0.15, 0.2) is 41.3 Å². The molecule has 5 heteroatoms. The van der Waals surface area contributed by atoms with Crippen LogP contribution < -0.4 is 4.90 Å². The van der Waals surface area contributed by atoms with Gasteiger partial charge in [-0.25, -0.2) is 4.90 Å². The number of amides is 2. The van der Waals surface area contributed by atoms with Gasteiger partial charge < -0.3 is 0 Å². The average Bonchev–Trinajstić information content (AvgIpc) is 2.59. The number of benzene rings is 1. The predicted molar refractivity (Wildman–Crippen MR) is 59.8 cm³/mol. The molecule has 0 saturated carbocycles. The summed E-state index contributed by atoms with van der Waals surface area (Å²) >= 11 is 0. The molecule has 0 aliphatic carbocycles. The van der Waals surface area contributed by atoms with Crippen LogP contribution in [0.1, 0.15) is 0 Å². The number of anilines is 1. The molecule has 3 nitrogen and oxygen atoms in total. The Morgan fingerprint density at radius 1 is 1.00 bits per heavy atom. The Bertz CT molecular complexity index is 423. The second kappa shape index (κ2) is 4.08. The first-order valence-electron chi connectivity index (χ1n) is 4.17. The molecule has 2 rings (SSSR count). The summed E-state index contributed by atoms with van der Waals surface area (Å²) in [6.45, 7) is 0. The zero-order chi connectivity index (χ0) is 10.8. The second-order valence-electron chi connectivity index (χ2n) is 2.92. The fourth-order valence-electron chi connectivity index (χ4n) is 1.30. The molecule has 0 bridgehead atoms. The lowest BCUT2D eigenvalue weighted by Gasteiger charge is -2.13. The van der Waals surface area contributed by atoms with Gasteiger partial charge in [-0.15, -0.1) is 0 Å². The van der Waals surface area contributed by atoms with E-state index in [2.05, 4.69) is 0 Å². The van der Waals surface area contributed by atoms with Crippen LogP contribution in [0.5, 0.6) is 0 Å². The van der Waals surface area contributed by atoms with E-state index in [9.17, 15) is 9.59 Å². The van der Waals surface area contributed by atoms with E-state index in [1.807, 2.05) is 0 Å². The van der Waals surface area contributed by atoms with Gasteiger partial charge in [0.05, 0.1) is 5.69 Å². The van der Waals surface area contributed by atoms with Crippen LogP contribution in [-0.2, 0) is 9.59 Å². The molecule has 0 spiro atoms. The average molecular weight is 240 g/mol. The summed E-state index contributed by atoms with van der Waals surface area (Å²) in [7, 11) is 6.64. The summed E-state index contributed by atoms with van der Waals surface area (Å²) < 4.78 is 0. The topological polar surface area (TPSA) is 37.4 Å². The summed E-state index contributed by atoms with van der Waals surface area (Å²) in [5.74, 6) is -0.627. The Morgan fingerprint density at radius 2 is 1.53 bits per heavy atom. The van der Waals surface area contributed by atoms with Crippen molar-refractivity contribution in [1.82, 2.24) is 0 Å². The largest absolute Gasteiger partial charge is 0.269 e. The van der Waals surface area contributed by atoms with Gasteiger partial charge in [0, 0.05) is 17.0 Å². The second-order valence-corrected chi connectivity index (χ2v) is 4.00. The molecule has 0 unspecified atom stereocenters. The molecule has 15 heavy (non-hydrogen) atoms. The van der Waals surface area contributed by atoms with Gasteiger partial charge in [0.2, 0.25) is 0 Å². The monoisotopic (exact) mass is 239 g/mol. The van der Waals surface area contributed by atoms with Crippen molar-refractivity contribution >= 4 is 39.2 Å². The van der Waals surface area contributed by atoms with Crippen LogP contribution >= 0.6 is 21.7 Å². The molecule has 0 radical (unpaired) electrons. The highest BCUT2D eigenvalue weighted by atomic mass is 35.7. The van der Waals surface area contributed by atoms with Gasteiger partial charge >= 0.3 is 0 Å². The molecule has 0 saturated heterocycles. The van der Waals surface area contributed by atoms with Crippen molar-refractivity contribution in [3.63, 3.8) is 0 Å². The third kappa shape index (κ3) is 1.91. The van der Waals surface area contributed by atoms with Gasteiger partial charge in [0.1, 0.15) is 0 Å². The van der Waals surface area contributed by atoms with Crippen molar-refractivity contribution < 1.29 is 9.59 Å². The zero-order valence-electron chi connectivity index (χ0n) is 7.51. The van der Waals surface area contributed by atoms with Crippen molar-refractivity contribution in [2.75, 3.05) is 4.90 Å². The van der Waals surface area contributed by atoms with E-state index in [0.29, 0.717) is 5.69 Å². The summed E-state index contributed by atoms with van der Waals surface area (Å²) in [5.41, 5.74) is 0.560. The molecule has 1 aliphatic rings.